The zero-order valence-corrected chi connectivity index (χ0v) is 12.3. The lowest BCUT2D eigenvalue weighted by Crippen LogP contribution is -2.09. The highest BCUT2D eigenvalue weighted by Crippen LogP contribution is 2.30. The predicted molar refractivity (Wildman–Crippen MR) is 81.9 cm³/mol. The number of aromatic nitrogens is 3. The number of nitrogens with zero attached hydrogens (tertiary/aromatic N) is 3. The molecule has 0 spiro atoms. The summed E-state index contributed by atoms with van der Waals surface area (Å²) in [5.41, 5.74) is 1.84. The highest BCUT2D eigenvalue weighted by atomic mass is 35.5. The number of hydrogen-bond acceptors (Lipinski definition) is 3. The number of halogens is 2. The van der Waals surface area contributed by atoms with E-state index in [1.54, 1.807) is 22.9 Å². The van der Waals surface area contributed by atoms with E-state index in [1.165, 1.54) is 6.20 Å². The minimum Gasteiger partial charge on any atom is -0.382 e. The summed E-state index contributed by atoms with van der Waals surface area (Å²) in [5, 5.41) is 19.4. The van der Waals surface area contributed by atoms with Crippen LogP contribution in [-0.4, -0.2) is 20.1 Å². The molecule has 4 nitrogen and oxygen atoms in total. The molecule has 2 aromatic carbocycles. The van der Waals surface area contributed by atoms with Gasteiger partial charge in [-0.05, 0) is 30.3 Å². The summed E-state index contributed by atoms with van der Waals surface area (Å²) in [6, 6.07) is 14.4. The van der Waals surface area contributed by atoms with Gasteiger partial charge in [0, 0.05) is 15.6 Å². The van der Waals surface area contributed by atoms with Crippen LogP contribution in [0.4, 0.5) is 0 Å². The van der Waals surface area contributed by atoms with Crippen molar-refractivity contribution in [2.24, 2.45) is 0 Å². The molecular formula is C15H11Cl2N3O. The minimum absolute atomic E-state index is 0.438. The Morgan fingerprint density at radius 2 is 1.81 bits per heavy atom. The zero-order valence-electron chi connectivity index (χ0n) is 10.8. The molecule has 1 N–H and O–H groups in total. The topological polar surface area (TPSA) is 50.9 Å². The van der Waals surface area contributed by atoms with Gasteiger partial charge in [0.05, 0.1) is 17.6 Å². The first kappa shape index (κ1) is 14.1. The first-order valence-electron chi connectivity index (χ1n) is 6.26. The van der Waals surface area contributed by atoms with Crippen LogP contribution in [0.15, 0.2) is 54.7 Å². The Kier molecular flexibility index (Phi) is 3.92. The van der Waals surface area contributed by atoms with Crippen LogP contribution in [0.5, 0.6) is 0 Å². The average Bonchev–Trinajstić information content (AvgIpc) is 2.99. The molecular weight excluding hydrogens is 309 g/mol. The summed E-state index contributed by atoms with van der Waals surface area (Å²) >= 11 is 12.1. The first-order valence-corrected chi connectivity index (χ1v) is 7.01. The number of aliphatic hydroxyl groups excluding tert-OH is 1. The third kappa shape index (κ3) is 2.78. The van der Waals surface area contributed by atoms with Gasteiger partial charge < -0.3 is 5.11 Å². The Labute approximate surface area is 131 Å². The lowest BCUT2D eigenvalue weighted by molar-refractivity contribution is 0.212. The van der Waals surface area contributed by atoms with Crippen molar-refractivity contribution in [2.75, 3.05) is 0 Å². The minimum atomic E-state index is -0.966. The largest absolute Gasteiger partial charge is 0.382 e. The molecule has 0 saturated carbocycles. The number of aliphatic hydroxyl groups is 1. The Hall–Kier alpha value is -1.88. The molecule has 1 heterocycles. The zero-order chi connectivity index (χ0) is 14.8. The summed E-state index contributed by atoms with van der Waals surface area (Å²) in [6.45, 7) is 0. The number of para-hydroxylation sites is 1. The van der Waals surface area contributed by atoms with E-state index in [0.29, 0.717) is 21.3 Å². The maximum absolute atomic E-state index is 10.6. The van der Waals surface area contributed by atoms with Gasteiger partial charge in [0.1, 0.15) is 6.10 Å². The van der Waals surface area contributed by atoms with Crippen molar-refractivity contribution >= 4 is 23.2 Å². The summed E-state index contributed by atoms with van der Waals surface area (Å²) in [7, 11) is 0. The monoisotopic (exact) mass is 319 g/mol. The highest BCUT2D eigenvalue weighted by molar-refractivity contribution is 6.33. The number of rotatable bonds is 3. The van der Waals surface area contributed by atoms with Crippen molar-refractivity contribution in [3.05, 3.63) is 76.0 Å². The fourth-order valence-electron chi connectivity index (χ4n) is 2.08. The van der Waals surface area contributed by atoms with E-state index in [2.05, 4.69) is 10.3 Å². The number of benzene rings is 2. The van der Waals surface area contributed by atoms with E-state index < -0.39 is 6.10 Å². The Balaban J connectivity index is 2.06. The van der Waals surface area contributed by atoms with E-state index >= 15 is 0 Å². The second-order valence-corrected chi connectivity index (χ2v) is 5.32. The van der Waals surface area contributed by atoms with Crippen LogP contribution < -0.4 is 0 Å². The third-order valence-corrected chi connectivity index (χ3v) is 3.69. The number of hydrogen-bond donors (Lipinski definition) is 1. The van der Waals surface area contributed by atoms with Gasteiger partial charge in [-0.15, -0.1) is 5.10 Å². The molecule has 0 saturated heterocycles. The lowest BCUT2D eigenvalue weighted by atomic mass is 10.1. The Bertz CT molecular complexity index is 759. The standard InChI is InChI=1S/C15H11Cl2N3O/c16-10-6-7-13(17)12(8-10)15(21)14-9-18-19-20(14)11-4-2-1-3-5-11/h1-9,15,21H. The molecule has 1 atom stereocenters. The quantitative estimate of drug-likeness (QED) is 0.801. The van der Waals surface area contributed by atoms with Gasteiger partial charge in [0.2, 0.25) is 0 Å². The fourth-order valence-corrected chi connectivity index (χ4v) is 2.48. The van der Waals surface area contributed by atoms with Crippen LogP contribution in [0.2, 0.25) is 10.0 Å². The molecule has 3 rings (SSSR count). The fraction of sp³-hybridized carbons (Fsp3) is 0.0667. The molecule has 1 unspecified atom stereocenters. The first-order chi connectivity index (χ1) is 10.2. The van der Waals surface area contributed by atoms with Crippen LogP contribution in [-0.2, 0) is 0 Å². The van der Waals surface area contributed by atoms with Gasteiger partial charge in [-0.2, -0.15) is 0 Å². The van der Waals surface area contributed by atoms with Gasteiger partial charge in [-0.3, -0.25) is 0 Å². The molecule has 0 bridgehead atoms. The van der Waals surface area contributed by atoms with Crippen molar-refractivity contribution in [3.8, 4) is 5.69 Å². The van der Waals surface area contributed by atoms with Gasteiger partial charge in [-0.25, -0.2) is 4.68 Å². The second-order valence-electron chi connectivity index (χ2n) is 4.47. The molecule has 0 aliphatic heterocycles. The van der Waals surface area contributed by atoms with Crippen molar-refractivity contribution in [1.82, 2.24) is 15.0 Å². The Morgan fingerprint density at radius 3 is 2.57 bits per heavy atom. The molecule has 0 aliphatic rings. The van der Waals surface area contributed by atoms with Crippen molar-refractivity contribution in [2.45, 2.75) is 6.10 Å². The van der Waals surface area contributed by atoms with Gasteiger partial charge >= 0.3 is 0 Å². The maximum atomic E-state index is 10.6. The Morgan fingerprint density at radius 1 is 1.05 bits per heavy atom. The van der Waals surface area contributed by atoms with Crippen molar-refractivity contribution in [3.63, 3.8) is 0 Å². The molecule has 1 aromatic heterocycles. The van der Waals surface area contributed by atoms with Crippen molar-refractivity contribution < 1.29 is 5.11 Å². The normalized spacial score (nSPS) is 12.3. The van der Waals surface area contributed by atoms with Gasteiger partial charge in [-0.1, -0.05) is 46.6 Å². The molecule has 0 amide bonds. The van der Waals surface area contributed by atoms with Crippen molar-refractivity contribution in [1.29, 1.82) is 0 Å². The summed E-state index contributed by atoms with van der Waals surface area (Å²) in [6.07, 6.45) is 0.543. The smallest absolute Gasteiger partial charge is 0.124 e. The summed E-state index contributed by atoms with van der Waals surface area (Å²) in [5.74, 6) is 0. The molecule has 6 heteroatoms. The molecule has 21 heavy (non-hydrogen) atoms. The maximum Gasteiger partial charge on any atom is 0.124 e. The summed E-state index contributed by atoms with van der Waals surface area (Å²) < 4.78 is 1.57. The predicted octanol–water partition coefficient (Wildman–Crippen LogP) is 3.66. The van der Waals surface area contributed by atoms with Crippen LogP contribution >= 0.6 is 23.2 Å². The van der Waals surface area contributed by atoms with Gasteiger partial charge in [0.15, 0.2) is 0 Å². The molecule has 0 aliphatic carbocycles. The SMILES string of the molecule is OC(c1cc(Cl)ccc1Cl)c1cnnn1-c1ccccc1. The average molecular weight is 320 g/mol. The molecule has 3 aromatic rings. The molecule has 0 radical (unpaired) electrons. The molecule has 106 valence electrons. The van der Waals surface area contributed by atoms with E-state index in [0.717, 1.165) is 5.69 Å². The summed E-state index contributed by atoms with van der Waals surface area (Å²) in [4.78, 5) is 0. The van der Waals surface area contributed by atoms with Crippen LogP contribution in [0.1, 0.15) is 17.4 Å². The van der Waals surface area contributed by atoms with E-state index in [4.69, 9.17) is 23.2 Å². The van der Waals surface area contributed by atoms with Crippen LogP contribution in [0, 0.1) is 0 Å². The molecule has 0 fully saturated rings. The lowest BCUT2D eigenvalue weighted by Gasteiger charge is -2.14. The highest BCUT2D eigenvalue weighted by Gasteiger charge is 2.20. The third-order valence-electron chi connectivity index (χ3n) is 3.11. The van der Waals surface area contributed by atoms with E-state index in [1.807, 2.05) is 30.3 Å². The van der Waals surface area contributed by atoms with Crippen LogP contribution in [0.3, 0.4) is 0 Å². The van der Waals surface area contributed by atoms with E-state index in [-0.39, 0.29) is 0 Å². The second kappa shape index (κ2) is 5.85. The van der Waals surface area contributed by atoms with E-state index in [9.17, 15) is 5.11 Å². The van der Waals surface area contributed by atoms with Gasteiger partial charge in [0.25, 0.3) is 0 Å². The van der Waals surface area contributed by atoms with Crippen LogP contribution in [0.25, 0.3) is 5.69 Å².